The Labute approximate surface area is 154 Å². The van der Waals surface area contributed by atoms with Crippen LogP contribution in [0.1, 0.15) is 37.7 Å². The lowest BCUT2D eigenvalue weighted by Gasteiger charge is -2.34. The smallest absolute Gasteiger partial charge is 0.223 e. The second kappa shape index (κ2) is 8.76. The second-order valence-corrected chi connectivity index (χ2v) is 6.76. The van der Waals surface area contributed by atoms with Crippen LogP contribution in [0.4, 0.5) is 5.82 Å². The fourth-order valence-corrected chi connectivity index (χ4v) is 3.07. The van der Waals surface area contributed by atoms with Gasteiger partial charge in [0, 0.05) is 25.2 Å². The summed E-state index contributed by atoms with van der Waals surface area (Å²) >= 11 is 0. The zero-order valence-corrected chi connectivity index (χ0v) is 15.4. The van der Waals surface area contributed by atoms with E-state index in [9.17, 15) is 4.79 Å². The molecule has 0 bridgehead atoms. The highest BCUT2D eigenvalue weighted by Gasteiger charge is 2.30. The molecule has 0 unspecified atom stereocenters. The maximum absolute atomic E-state index is 12.8. The molecule has 2 heterocycles. The number of carbonyl (C=O) groups is 1. The van der Waals surface area contributed by atoms with Crippen LogP contribution in [0.3, 0.4) is 0 Å². The Balaban J connectivity index is 1.70. The van der Waals surface area contributed by atoms with Gasteiger partial charge in [0.25, 0.3) is 0 Å². The Morgan fingerprint density at radius 1 is 1.31 bits per heavy atom. The van der Waals surface area contributed by atoms with E-state index in [4.69, 9.17) is 4.74 Å². The van der Waals surface area contributed by atoms with Gasteiger partial charge in [-0.25, -0.2) is 9.97 Å². The number of nitrogens with one attached hydrogen (secondary N) is 1. The number of aryl methyl sites for hydroxylation is 1. The number of hydrogen-bond acceptors (Lipinski definition) is 5. The first-order valence-corrected chi connectivity index (χ1v) is 9.14. The number of hydrogen-bond donors (Lipinski definition) is 1. The molecule has 1 fully saturated rings. The molecular weight excluding hydrogens is 328 g/mol. The van der Waals surface area contributed by atoms with Gasteiger partial charge in [-0.3, -0.25) is 4.79 Å². The molecule has 1 saturated heterocycles. The van der Waals surface area contributed by atoms with E-state index in [0.29, 0.717) is 32.0 Å². The van der Waals surface area contributed by atoms with Crippen molar-refractivity contribution in [3.8, 4) is 0 Å². The van der Waals surface area contributed by atoms with Crippen molar-refractivity contribution >= 4 is 11.7 Å². The Morgan fingerprint density at radius 3 is 2.88 bits per heavy atom. The minimum atomic E-state index is -0.235. The molecule has 26 heavy (non-hydrogen) atoms. The molecular formula is C20H26N4O2. The monoisotopic (exact) mass is 354 g/mol. The third kappa shape index (κ3) is 4.79. The lowest BCUT2D eigenvalue weighted by atomic mass is 10.1. The highest BCUT2D eigenvalue weighted by atomic mass is 16.5. The van der Waals surface area contributed by atoms with Gasteiger partial charge in [0.1, 0.15) is 11.9 Å². The standard InChI is InChI=1S/C20H26N4O2/c1-15(2)22-18-10-11-21-20(23-18)17-14-26-13-12-24(17)19(25)9-8-16-6-4-3-5-7-16/h3-7,10-11,15,17H,8-9,12-14H2,1-2H3,(H,21,22,23)/t17-/m1/s1. The highest BCUT2D eigenvalue weighted by Crippen LogP contribution is 2.23. The van der Waals surface area contributed by atoms with E-state index >= 15 is 0 Å². The molecule has 138 valence electrons. The Morgan fingerprint density at radius 2 is 2.12 bits per heavy atom. The van der Waals surface area contributed by atoms with Crippen molar-refractivity contribution in [3.05, 3.63) is 54.0 Å². The Bertz CT molecular complexity index is 721. The van der Waals surface area contributed by atoms with Crippen LogP contribution < -0.4 is 5.32 Å². The molecule has 3 rings (SSSR count). The van der Waals surface area contributed by atoms with Gasteiger partial charge in [-0.1, -0.05) is 30.3 Å². The van der Waals surface area contributed by atoms with Crippen molar-refractivity contribution in [1.29, 1.82) is 0 Å². The summed E-state index contributed by atoms with van der Waals surface area (Å²) in [6.07, 6.45) is 2.94. The molecule has 1 amide bonds. The maximum atomic E-state index is 12.8. The minimum absolute atomic E-state index is 0.118. The number of nitrogens with zero attached hydrogens (tertiary/aromatic N) is 3. The molecule has 1 N–H and O–H groups in total. The van der Waals surface area contributed by atoms with Crippen LogP contribution in [0.5, 0.6) is 0 Å². The third-order valence-electron chi connectivity index (χ3n) is 4.33. The molecule has 1 atom stereocenters. The predicted octanol–water partition coefficient (Wildman–Crippen LogP) is 2.83. The van der Waals surface area contributed by atoms with Crippen LogP contribution in [0.25, 0.3) is 0 Å². The first-order valence-electron chi connectivity index (χ1n) is 9.14. The summed E-state index contributed by atoms with van der Waals surface area (Å²) in [5.41, 5.74) is 1.17. The SMILES string of the molecule is CC(C)Nc1ccnc([C@H]2COCCN2C(=O)CCc2ccccc2)n1. The third-order valence-corrected chi connectivity index (χ3v) is 4.33. The number of aromatic nitrogens is 2. The molecule has 1 aliphatic rings. The Hall–Kier alpha value is -2.47. The zero-order chi connectivity index (χ0) is 18.4. The molecule has 1 aromatic carbocycles. The molecule has 6 nitrogen and oxygen atoms in total. The van der Waals surface area contributed by atoms with E-state index in [1.165, 1.54) is 5.56 Å². The minimum Gasteiger partial charge on any atom is -0.377 e. The van der Waals surface area contributed by atoms with E-state index in [2.05, 4.69) is 29.1 Å². The summed E-state index contributed by atoms with van der Waals surface area (Å²) in [6, 6.07) is 12.0. The summed E-state index contributed by atoms with van der Waals surface area (Å²) < 4.78 is 5.61. The van der Waals surface area contributed by atoms with Gasteiger partial charge in [-0.15, -0.1) is 0 Å². The molecule has 0 spiro atoms. The molecule has 2 aromatic rings. The number of rotatable bonds is 6. The van der Waals surface area contributed by atoms with Gasteiger partial charge in [0.15, 0.2) is 5.82 Å². The fourth-order valence-electron chi connectivity index (χ4n) is 3.07. The first kappa shape index (κ1) is 18.3. The van der Waals surface area contributed by atoms with Crippen molar-refractivity contribution in [1.82, 2.24) is 14.9 Å². The summed E-state index contributed by atoms with van der Waals surface area (Å²) in [7, 11) is 0. The van der Waals surface area contributed by atoms with E-state index in [0.717, 1.165) is 12.2 Å². The maximum Gasteiger partial charge on any atom is 0.223 e. The van der Waals surface area contributed by atoms with Crippen LogP contribution in [-0.2, 0) is 16.0 Å². The predicted molar refractivity (Wildman–Crippen MR) is 101 cm³/mol. The highest BCUT2D eigenvalue weighted by molar-refractivity contribution is 5.77. The van der Waals surface area contributed by atoms with Crippen molar-refractivity contribution in [3.63, 3.8) is 0 Å². The topological polar surface area (TPSA) is 67.4 Å². The molecule has 0 radical (unpaired) electrons. The number of amides is 1. The van der Waals surface area contributed by atoms with Crippen molar-refractivity contribution in [2.24, 2.45) is 0 Å². The lowest BCUT2D eigenvalue weighted by Crippen LogP contribution is -2.44. The van der Waals surface area contributed by atoms with Gasteiger partial charge in [0.05, 0.1) is 13.2 Å². The van der Waals surface area contributed by atoms with Crippen LogP contribution >= 0.6 is 0 Å². The number of morpholine rings is 1. The normalized spacial score (nSPS) is 17.3. The average molecular weight is 354 g/mol. The van der Waals surface area contributed by atoms with Crippen molar-refractivity contribution in [2.45, 2.75) is 38.8 Å². The van der Waals surface area contributed by atoms with E-state index in [1.54, 1.807) is 6.20 Å². The molecule has 0 aliphatic carbocycles. The molecule has 0 saturated carbocycles. The zero-order valence-electron chi connectivity index (χ0n) is 15.4. The molecule has 1 aromatic heterocycles. The Kier molecular flexibility index (Phi) is 6.17. The second-order valence-electron chi connectivity index (χ2n) is 6.76. The largest absolute Gasteiger partial charge is 0.377 e. The summed E-state index contributed by atoms with van der Waals surface area (Å²) in [4.78, 5) is 23.7. The van der Waals surface area contributed by atoms with Gasteiger partial charge >= 0.3 is 0 Å². The van der Waals surface area contributed by atoms with Gasteiger partial charge in [-0.2, -0.15) is 0 Å². The van der Waals surface area contributed by atoms with Crippen LogP contribution in [0.15, 0.2) is 42.6 Å². The van der Waals surface area contributed by atoms with Crippen LogP contribution in [0, 0.1) is 0 Å². The molecule has 1 aliphatic heterocycles. The average Bonchev–Trinajstić information content (AvgIpc) is 2.66. The first-order chi connectivity index (χ1) is 12.6. The van der Waals surface area contributed by atoms with E-state index in [-0.39, 0.29) is 18.0 Å². The van der Waals surface area contributed by atoms with Crippen LogP contribution in [-0.4, -0.2) is 46.6 Å². The summed E-state index contributed by atoms with van der Waals surface area (Å²) in [6.45, 7) is 5.68. The van der Waals surface area contributed by atoms with Gasteiger partial charge < -0.3 is 15.0 Å². The van der Waals surface area contributed by atoms with Crippen molar-refractivity contribution < 1.29 is 9.53 Å². The number of anilines is 1. The van der Waals surface area contributed by atoms with E-state index < -0.39 is 0 Å². The van der Waals surface area contributed by atoms with Crippen molar-refractivity contribution in [2.75, 3.05) is 25.1 Å². The lowest BCUT2D eigenvalue weighted by molar-refractivity contribution is -0.140. The van der Waals surface area contributed by atoms with E-state index in [1.807, 2.05) is 41.3 Å². The van der Waals surface area contributed by atoms with Gasteiger partial charge in [-0.05, 0) is 31.9 Å². The quantitative estimate of drug-likeness (QED) is 0.864. The summed E-state index contributed by atoms with van der Waals surface area (Å²) in [5, 5.41) is 3.28. The number of carbonyl (C=O) groups excluding carboxylic acids is 1. The van der Waals surface area contributed by atoms with Crippen LogP contribution in [0.2, 0.25) is 0 Å². The summed E-state index contributed by atoms with van der Waals surface area (Å²) in [5.74, 6) is 1.52. The number of ether oxygens (including phenoxy) is 1. The number of benzene rings is 1. The molecule has 6 heteroatoms. The van der Waals surface area contributed by atoms with Gasteiger partial charge in [0.2, 0.25) is 5.91 Å². The fraction of sp³-hybridized carbons (Fsp3) is 0.450.